The minimum atomic E-state index is -0.447. The molecule has 0 amide bonds. The average Bonchev–Trinajstić information content (AvgIpc) is 3.17. The first kappa shape index (κ1) is 22.5. The van der Waals surface area contributed by atoms with Gasteiger partial charge in [-0.25, -0.2) is 0 Å². The first-order valence-corrected chi connectivity index (χ1v) is 12.4. The molecule has 0 saturated carbocycles. The van der Waals surface area contributed by atoms with Crippen LogP contribution in [0, 0.1) is 25.2 Å². The highest BCUT2D eigenvalue weighted by atomic mass is 35.5. The van der Waals surface area contributed by atoms with Crippen molar-refractivity contribution in [2.24, 2.45) is 5.73 Å². The number of benzene rings is 2. The van der Waals surface area contributed by atoms with Crippen LogP contribution in [0.1, 0.15) is 45.6 Å². The first-order chi connectivity index (χ1) is 16.4. The Balaban J connectivity index is 1.74. The van der Waals surface area contributed by atoms with E-state index in [9.17, 15) is 10.1 Å². The molecule has 2 unspecified atom stereocenters. The van der Waals surface area contributed by atoms with Gasteiger partial charge in [-0.1, -0.05) is 41.9 Å². The number of aryl methyl sites for hydroxylation is 2. The van der Waals surface area contributed by atoms with E-state index in [1.54, 1.807) is 23.5 Å². The number of nitriles is 1. The van der Waals surface area contributed by atoms with Crippen LogP contribution in [-0.2, 0) is 4.79 Å². The van der Waals surface area contributed by atoms with Gasteiger partial charge in [-0.2, -0.15) is 5.26 Å². The molecule has 1 aliphatic heterocycles. The zero-order valence-corrected chi connectivity index (χ0v) is 20.6. The lowest BCUT2D eigenvalue weighted by molar-refractivity contribution is -0.116. The molecular formula is C28H24ClN3OS. The lowest BCUT2D eigenvalue weighted by atomic mass is 9.72. The number of Topliss-reactive ketones (excluding diaryl/α,β-unsaturated/α-hetero) is 1. The Hall–Kier alpha value is -3.33. The predicted molar refractivity (Wildman–Crippen MR) is 138 cm³/mol. The molecule has 2 aromatic carbocycles. The molecule has 2 aliphatic rings. The Bertz CT molecular complexity index is 1380. The number of anilines is 1. The maximum atomic E-state index is 13.8. The van der Waals surface area contributed by atoms with Crippen LogP contribution in [0.5, 0.6) is 0 Å². The number of halogens is 1. The number of nitrogens with zero attached hydrogens (tertiary/aromatic N) is 2. The number of rotatable bonds is 3. The normalized spacial score (nSPS) is 20.4. The molecule has 6 heteroatoms. The molecule has 2 N–H and O–H groups in total. The second kappa shape index (κ2) is 8.79. The van der Waals surface area contributed by atoms with Crippen molar-refractivity contribution in [2.75, 3.05) is 4.90 Å². The number of hydrogen-bond acceptors (Lipinski definition) is 5. The molecule has 0 bridgehead atoms. The SMILES string of the molecule is Cc1cc(C2C(C#N)=C(N)N(c3ccc(Cl)cc3)C3=C2C(=O)CC(c2ccccc2)C3)c(C)s1. The molecule has 5 rings (SSSR count). The summed E-state index contributed by atoms with van der Waals surface area (Å²) in [4.78, 5) is 18.0. The van der Waals surface area contributed by atoms with Crippen LogP contribution in [0.25, 0.3) is 0 Å². The predicted octanol–water partition coefficient (Wildman–Crippen LogP) is 6.72. The fourth-order valence-electron chi connectivity index (χ4n) is 5.22. The van der Waals surface area contributed by atoms with Gasteiger partial charge in [-0.3, -0.25) is 9.69 Å². The molecule has 170 valence electrons. The highest BCUT2D eigenvalue weighted by Gasteiger charge is 2.43. The van der Waals surface area contributed by atoms with Crippen LogP contribution >= 0.6 is 22.9 Å². The molecule has 0 saturated heterocycles. The summed E-state index contributed by atoms with van der Waals surface area (Å²) < 4.78 is 0. The lowest BCUT2D eigenvalue weighted by Crippen LogP contribution is -2.40. The van der Waals surface area contributed by atoms with E-state index < -0.39 is 5.92 Å². The molecule has 34 heavy (non-hydrogen) atoms. The summed E-state index contributed by atoms with van der Waals surface area (Å²) >= 11 is 7.83. The average molecular weight is 486 g/mol. The molecule has 1 aromatic heterocycles. The third-order valence-corrected chi connectivity index (χ3v) is 7.95. The van der Waals surface area contributed by atoms with Gasteiger partial charge in [0.05, 0.1) is 17.6 Å². The quantitative estimate of drug-likeness (QED) is 0.447. The van der Waals surface area contributed by atoms with Gasteiger partial charge in [0.15, 0.2) is 5.78 Å². The van der Waals surface area contributed by atoms with Crippen LogP contribution < -0.4 is 10.6 Å². The second-order valence-electron chi connectivity index (χ2n) is 8.82. The van der Waals surface area contributed by atoms with Gasteiger partial charge in [0, 0.05) is 38.2 Å². The highest BCUT2D eigenvalue weighted by Crippen LogP contribution is 2.50. The minimum absolute atomic E-state index is 0.0460. The summed E-state index contributed by atoms with van der Waals surface area (Å²) in [6.45, 7) is 4.09. The number of allylic oxidation sites excluding steroid dienone is 3. The van der Waals surface area contributed by atoms with E-state index in [1.165, 1.54) is 0 Å². The number of carbonyl (C=O) groups excluding carboxylic acids is 1. The van der Waals surface area contributed by atoms with E-state index in [2.05, 4.69) is 24.3 Å². The molecule has 2 heterocycles. The van der Waals surface area contributed by atoms with E-state index in [0.29, 0.717) is 34.8 Å². The number of hydrogen-bond donors (Lipinski definition) is 1. The Morgan fingerprint density at radius 1 is 1.09 bits per heavy atom. The monoisotopic (exact) mass is 485 g/mol. The molecule has 0 fully saturated rings. The van der Waals surface area contributed by atoms with E-state index in [0.717, 1.165) is 32.3 Å². The van der Waals surface area contributed by atoms with Gasteiger partial charge in [0.2, 0.25) is 0 Å². The standard InChI is InChI=1S/C28H24ClN3OS/c1-16-12-22(17(2)34-16)26-23(15-30)28(31)32(21-10-8-20(29)9-11-21)24-13-19(14-25(33)27(24)26)18-6-4-3-5-7-18/h3-12,19,26H,13-14,31H2,1-2H3. The van der Waals surface area contributed by atoms with Crippen molar-refractivity contribution >= 4 is 34.4 Å². The van der Waals surface area contributed by atoms with E-state index in [4.69, 9.17) is 17.3 Å². The summed E-state index contributed by atoms with van der Waals surface area (Å²) in [6.07, 6.45) is 1.07. The summed E-state index contributed by atoms with van der Waals surface area (Å²) in [7, 11) is 0. The van der Waals surface area contributed by atoms with Crippen molar-refractivity contribution < 1.29 is 4.79 Å². The maximum absolute atomic E-state index is 13.8. The van der Waals surface area contributed by atoms with Gasteiger partial charge in [0.1, 0.15) is 5.82 Å². The smallest absolute Gasteiger partial charge is 0.162 e. The molecule has 1 aliphatic carbocycles. The summed E-state index contributed by atoms with van der Waals surface area (Å²) in [6, 6.07) is 21.9. The van der Waals surface area contributed by atoms with Crippen LogP contribution in [0.15, 0.2) is 83.3 Å². The van der Waals surface area contributed by atoms with Gasteiger partial charge in [-0.05, 0) is 67.6 Å². The zero-order valence-electron chi connectivity index (χ0n) is 19.0. The number of nitrogens with two attached hydrogens (primary N) is 1. The Morgan fingerprint density at radius 2 is 1.79 bits per heavy atom. The lowest BCUT2D eigenvalue weighted by Gasteiger charge is -2.41. The summed E-state index contributed by atoms with van der Waals surface area (Å²) in [5.41, 5.74) is 11.6. The number of ketones is 1. The van der Waals surface area contributed by atoms with Gasteiger partial charge < -0.3 is 5.73 Å². The topological polar surface area (TPSA) is 70.1 Å². The number of thiophene rings is 1. The van der Waals surface area contributed by atoms with Crippen molar-refractivity contribution in [3.8, 4) is 6.07 Å². The van der Waals surface area contributed by atoms with E-state index in [1.807, 2.05) is 49.1 Å². The van der Waals surface area contributed by atoms with Crippen molar-refractivity contribution in [1.82, 2.24) is 0 Å². The second-order valence-corrected chi connectivity index (χ2v) is 10.7. The van der Waals surface area contributed by atoms with Gasteiger partial charge in [-0.15, -0.1) is 11.3 Å². The van der Waals surface area contributed by atoms with Crippen molar-refractivity contribution in [2.45, 2.75) is 38.5 Å². The Kier molecular flexibility index (Phi) is 5.81. The minimum Gasteiger partial charge on any atom is -0.384 e. The first-order valence-electron chi connectivity index (χ1n) is 11.2. The van der Waals surface area contributed by atoms with Crippen LogP contribution in [-0.4, -0.2) is 5.78 Å². The van der Waals surface area contributed by atoms with Crippen LogP contribution in [0.2, 0.25) is 5.02 Å². The fraction of sp³-hybridized carbons (Fsp3) is 0.214. The third kappa shape index (κ3) is 3.73. The Labute approximate surface area is 208 Å². The summed E-state index contributed by atoms with van der Waals surface area (Å²) in [5.74, 6) is 0.0447. The molecule has 0 radical (unpaired) electrons. The van der Waals surface area contributed by atoms with Crippen molar-refractivity contribution in [3.05, 3.63) is 109 Å². The Morgan fingerprint density at radius 3 is 2.41 bits per heavy atom. The molecule has 2 atom stereocenters. The zero-order chi connectivity index (χ0) is 24.0. The summed E-state index contributed by atoms with van der Waals surface area (Å²) in [5, 5.41) is 10.9. The molecular weight excluding hydrogens is 462 g/mol. The molecule has 3 aromatic rings. The van der Waals surface area contributed by atoms with E-state index in [-0.39, 0.29) is 11.7 Å². The largest absolute Gasteiger partial charge is 0.384 e. The van der Waals surface area contributed by atoms with Crippen molar-refractivity contribution in [1.29, 1.82) is 5.26 Å². The van der Waals surface area contributed by atoms with Gasteiger partial charge >= 0.3 is 0 Å². The van der Waals surface area contributed by atoms with Gasteiger partial charge in [0.25, 0.3) is 0 Å². The third-order valence-electron chi connectivity index (χ3n) is 6.71. The highest BCUT2D eigenvalue weighted by molar-refractivity contribution is 7.12. The van der Waals surface area contributed by atoms with Crippen LogP contribution in [0.3, 0.4) is 0 Å². The maximum Gasteiger partial charge on any atom is 0.162 e. The fourth-order valence-corrected chi connectivity index (χ4v) is 6.31. The van der Waals surface area contributed by atoms with E-state index >= 15 is 0 Å². The van der Waals surface area contributed by atoms with Crippen LogP contribution in [0.4, 0.5) is 5.69 Å². The molecule has 0 spiro atoms. The molecule has 4 nitrogen and oxygen atoms in total. The van der Waals surface area contributed by atoms with Crippen molar-refractivity contribution in [3.63, 3.8) is 0 Å². The number of carbonyl (C=O) groups is 1.